The first-order chi connectivity index (χ1) is 10.9. The number of amides is 1. The highest BCUT2D eigenvalue weighted by atomic mass is 32.2. The molecule has 0 radical (unpaired) electrons. The molecule has 0 aliphatic heterocycles. The SMILES string of the molecule is CC(Sc1ccc(F)c(F)c1)C(=O)NC(C)C1CC2CCC1C2. The summed E-state index contributed by atoms with van der Waals surface area (Å²) in [5.41, 5.74) is 0. The molecule has 2 aliphatic carbocycles. The van der Waals surface area contributed by atoms with Gasteiger partial charge < -0.3 is 5.32 Å². The van der Waals surface area contributed by atoms with Crippen LogP contribution in [-0.4, -0.2) is 17.2 Å². The van der Waals surface area contributed by atoms with E-state index in [1.165, 1.54) is 43.5 Å². The largest absolute Gasteiger partial charge is 0.352 e. The van der Waals surface area contributed by atoms with Crippen LogP contribution >= 0.6 is 11.8 Å². The maximum Gasteiger partial charge on any atom is 0.233 e. The number of benzene rings is 1. The van der Waals surface area contributed by atoms with Gasteiger partial charge >= 0.3 is 0 Å². The van der Waals surface area contributed by atoms with E-state index in [1.54, 1.807) is 6.92 Å². The fraction of sp³-hybridized carbons (Fsp3) is 0.611. The Labute approximate surface area is 140 Å². The van der Waals surface area contributed by atoms with E-state index in [2.05, 4.69) is 12.2 Å². The van der Waals surface area contributed by atoms with Crippen molar-refractivity contribution in [1.29, 1.82) is 0 Å². The zero-order valence-corrected chi connectivity index (χ0v) is 14.3. The van der Waals surface area contributed by atoms with Gasteiger partial charge in [0, 0.05) is 10.9 Å². The first kappa shape index (κ1) is 16.7. The fourth-order valence-corrected chi connectivity index (χ4v) is 5.06. The molecule has 5 unspecified atom stereocenters. The molecular weight excluding hydrogens is 316 g/mol. The maximum absolute atomic E-state index is 13.2. The number of carbonyl (C=O) groups is 1. The van der Waals surface area contributed by atoms with Crippen LogP contribution in [0.5, 0.6) is 0 Å². The van der Waals surface area contributed by atoms with Gasteiger partial charge in [-0.3, -0.25) is 4.79 Å². The molecular formula is C18H23F2NOS. The summed E-state index contributed by atoms with van der Waals surface area (Å²) in [6, 6.07) is 3.93. The third kappa shape index (κ3) is 3.70. The molecule has 1 aromatic carbocycles. The zero-order chi connectivity index (χ0) is 16.6. The van der Waals surface area contributed by atoms with Gasteiger partial charge in [0.2, 0.25) is 5.91 Å². The Morgan fingerprint density at radius 2 is 2.00 bits per heavy atom. The Kier molecular flexibility index (Phi) is 4.95. The lowest BCUT2D eigenvalue weighted by Crippen LogP contribution is -2.43. The van der Waals surface area contributed by atoms with Crippen molar-refractivity contribution in [2.75, 3.05) is 0 Å². The second-order valence-corrected chi connectivity index (χ2v) is 8.39. The highest BCUT2D eigenvalue weighted by Gasteiger charge is 2.42. The summed E-state index contributed by atoms with van der Waals surface area (Å²) in [6.45, 7) is 3.90. The van der Waals surface area contributed by atoms with Gasteiger partial charge in [0.25, 0.3) is 0 Å². The first-order valence-electron chi connectivity index (χ1n) is 8.36. The smallest absolute Gasteiger partial charge is 0.233 e. The van der Waals surface area contributed by atoms with E-state index >= 15 is 0 Å². The van der Waals surface area contributed by atoms with E-state index in [0.29, 0.717) is 10.8 Å². The molecule has 2 saturated carbocycles. The number of hydrogen-bond acceptors (Lipinski definition) is 2. The predicted octanol–water partition coefficient (Wildman–Crippen LogP) is 4.39. The van der Waals surface area contributed by atoms with E-state index in [9.17, 15) is 13.6 Å². The quantitative estimate of drug-likeness (QED) is 0.806. The van der Waals surface area contributed by atoms with Crippen LogP contribution in [0.3, 0.4) is 0 Å². The summed E-state index contributed by atoms with van der Waals surface area (Å²) in [6.07, 6.45) is 5.21. The second kappa shape index (κ2) is 6.80. The fourth-order valence-electron chi connectivity index (χ4n) is 4.16. The molecule has 0 aromatic heterocycles. The van der Waals surface area contributed by atoms with Gasteiger partial charge in [-0.1, -0.05) is 6.42 Å². The van der Waals surface area contributed by atoms with Crippen LogP contribution in [0.25, 0.3) is 0 Å². The van der Waals surface area contributed by atoms with Crippen LogP contribution in [0, 0.1) is 29.4 Å². The molecule has 2 bridgehead atoms. The monoisotopic (exact) mass is 339 g/mol. The first-order valence-corrected chi connectivity index (χ1v) is 9.24. The van der Waals surface area contributed by atoms with Crippen LogP contribution in [0.4, 0.5) is 8.78 Å². The Morgan fingerprint density at radius 3 is 2.61 bits per heavy atom. The minimum atomic E-state index is -0.877. The van der Waals surface area contributed by atoms with Crippen LogP contribution in [0.2, 0.25) is 0 Å². The van der Waals surface area contributed by atoms with Gasteiger partial charge in [0.05, 0.1) is 5.25 Å². The molecule has 1 N–H and O–H groups in total. The molecule has 2 nitrogen and oxygen atoms in total. The zero-order valence-electron chi connectivity index (χ0n) is 13.5. The molecule has 1 amide bonds. The standard InChI is InChI=1S/C18H23F2NOS/c1-10(15-8-12-3-4-13(15)7-12)21-18(22)11(2)23-14-5-6-16(19)17(20)9-14/h5-6,9-13,15H,3-4,7-8H2,1-2H3,(H,21,22). The lowest BCUT2D eigenvalue weighted by Gasteiger charge is -2.29. The Morgan fingerprint density at radius 1 is 1.22 bits per heavy atom. The molecule has 0 spiro atoms. The maximum atomic E-state index is 13.2. The van der Waals surface area contributed by atoms with Gasteiger partial charge in [-0.25, -0.2) is 8.78 Å². The van der Waals surface area contributed by atoms with Crippen molar-refractivity contribution in [3.8, 4) is 0 Å². The van der Waals surface area contributed by atoms with E-state index in [4.69, 9.17) is 0 Å². The number of carbonyl (C=O) groups excluding carboxylic acids is 1. The molecule has 1 aromatic rings. The molecule has 5 heteroatoms. The van der Waals surface area contributed by atoms with E-state index in [-0.39, 0.29) is 17.2 Å². The van der Waals surface area contributed by atoms with Crippen molar-refractivity contribution in [2.24, 2.45) is 17.8 Å². The van der Waals surface area contributed by atoms with Gasteiger partial charge in [0.15, 0.2) is 11.6 Å². The van der Waals surface area contributed by atoms with E-state index < -0.39 is 11.6 Å². The summed E-state index contributed by atoms with van der Waals surface area (Å²) in [4.78, 5) is 12.9. The molecule has 0 heterocycles. The van der Waals surface area contributed by atoms with Gasteiger partial charge in [-0.05, 0) is 69.1 Å². The highest BCUT2D eigenvalue weighted by Crippen LogP contribution is 2.49. The topological polar surface area (TPSA) is 29.1 Å². The summed E-state index contributed by atoms with van der Waals surface area (Å²) in [5.74, 6) is 0.449. The van der Waals surface area contributed by atoms with E-state index in [1.807, 2.05) is 0 Å². The van der Waals surface area contributed by atoms with Crippen LogP contribution < -0.4 is 5.32 Å². The Balaban J connectivity index is 1.53. The van der Waals surface area contributed by atoms with Crippen LogP contribution in [0.1, 0.15) is 39.5 Å². The Bertz CT molecular complexity index is 594. The number of hydrogen-bond donors (Lipinski definition) is 1. The van der Waals surface area contributed by atoms with Crippen molar-refractivity contribution in [2.45, 2.75) is 55.7 Å². The van der Waals surface area contributed by atoms with Crippen molar-refractivity contribution in [3.05, 3.63) is 29.8 Å². The van der Waals surface area contributed by atoms with Gasteiger partial charge in [-0.2, -0.15) is 0 Å². The third-order valence-electron chi connectivity index (χ3n) is 5.38. The molecule has 2 aliphatic rings. The third-order valence-corrected chi connectivity index (χ3v) is 6.47. The molecule has 0 saturated heterocycles. The number of halogens is 2. The Hall–Kier alpha value is -1.10. The second-order valence-electron chi connectivity index (χ2n) is 6.97. The van der Waals surface area contributed by atoms with Crippen molar-refractivity contribution in [1.82, 2.24) is 5.32 Å². The highest BCUT2D eigenvalue weighted by molar-refractivity contribution is 8.00. The summed E-state index contributed by atoms with van der Waals surface area (Å²) in [5, 5.41) is 2.79. The molecule has 2 fully saturated rings. The number of thioether (sulfide) groups is 1. The molecule has 5 atom stereocenters. The van der Waals surface area contributed by atoms with Crippen LogP contribution in [0.15, 0.2) is 23.1 Å². The lowest BCUT2D eigenvalue weighted by molar-refractivity contribution is -0.121. The minimum Gasteiger partial charge on any atom is -0.352 e. The van der Waals surface area contributed by atoms with Crippen LogP contribution in [-0.2, 0) is 4.79 Å². The van der Waals surface area contributed by atoms with Crippen molar-refractivity contribution in [3.63, 3.8) is 0 Å². The molecule has 126 valence electrons. The number of fused-ring (bicyclic) bond motifs is 2. The number of rotatable bonds is 5. The predicted molar refractivity (Wildman–Crippen MR) is 88.2 cm³/mol. The molecule has 23 heavy (non-hydrogen) atoms. The van der Waals surface area contributed by atoms with Crippen molar-refractivity contribution < 1.29 is 13.6 Å². The summed E-state index contributed by atoms with van der Waals surface area (Å²) < 4.78 is 26.2. The number of nitrogens with one attached hydrogen (secondary N) is 1. The summed E-state index contributed by atoms with van der Waals surface area (Å²) >= 11 is 1.26. The average Bonchev–Trinajstić information content (AvgIpc) is 3.13. The lowest BCUT2D eigenvalue weighted by atomic mass is 9.84. The van der Waals surface area contributed by atoms with Gasteiger partial charge in [0.1, 0.15) is 0 Å². The van der Waals surface area contributed by atoms with Gasteiger partial charge in [-0.15, -0.1) is 11.8 Å². The minimum absolute atomic E-state index is 0.0324. The molecule has 3 rings (SSSR count). The normalized spacial score (nSPS) is 28.6. The average molecular weight is 339 g/mol. The van der Waals surface area contributed by atoms with E-state index in [0.717, 1.165) is 24.0 Å². The van der Waals surface area contributed by atoms with Crippen molar-refractivity contribution >= 4 is 17.7 Å². The summed E-state index contributed by atoms with van der Waals surface area (Å²) in [7, 11) is 0.